The number of aryl methyl sites for hydroxylation is 1. The summed E-state index contributed by atoms with van der Waals surface area (Å²) in [6, 6.07) is 7.32. The van der Waals surface area contributed by atoms with Crippen molar-refractivity contribution in [2.75, 3.05) is 5.73 Å². The fourth-order valence-corrected chi connectivity index (χ4v) is 2.92. The van der Waals surface area contributed by atoms with E-state index in [0.29, 0.717) is 17.8 Å². The van der Waals surface area contributed by atoms with Crippen LogP contribution in [0.25, 0.3) is 16.9 Å². The summed E-state index contributed by atoms with van der Waals surface area (Å²) in [7, 11) is 0. The number of hydrogen-bond donors (Lipinski definition) is 3. The molecule has 0 saturated heterocycles. The lowest BCUT2D eigenvalue weighted by Gasteiger charge is -2.14. The summed E-state index contributed by atoms with van der Waals surface area (Å²) in [5, 5.41) is 11.5. The molecule has 7 nitrogen and oxygen atoms in total. The van der Waals surface area contributed by atoms with Crippen LogP contribution in [0.4, 0.5) is 5.69 Å². The molecule has 0 spiro atoms. The van der Waals surface area contributed by atoms with E-state index in [2.05, 4.69) is 15.3 Å². The minimum absolute atomic E-state index is 0.318. The second kappa shape index (κ2) is 4.45. The van der Waals surface area contributed by atoms with Crippen molar-refractivity contribution in [2.45, 2.75) is 12.8 Å². The molecule has 0 unspecified atom stereocenters. The molecule has 0 atom stereocenters. The molecule has 22 heavy (non-hydrogen) atoms. The summed E-state index contributed by atoms with van der Waals surface area (Å²) in [4.78, 5) is 11.7. The molecule has 2 aromatic heterocycles. The molecule has 110 valence electrons. The largest absolute Gasteiger partial charge is 0.399 e. The average molecular weight is 294 g/mol. The standard InChI is InChI=1S/C15H14N6O/c16-8-1-3-9(4-2-8)21-14-10(13(20-21)15(17)22)5-6-12-11(14)7-18-19-12/h1-4,7H,5-6,16H2,(H2,17,22)(H,18,19). The Morgan fingerprint density at radius 2 is 2.00 bits per heavy atom. The number of H-pyrrole nitrogens is 1. The Morgan fingerprint density at radius 1 is 1.23 bits per heavy atom. The van der Waals surface area contributed by atoms with Crippen LogP contribution in [-0.4, -0.2) is 25.9 Å². The molecule has 7 heteroatoms. The molecule has 0 saturated carbocycles. The summed E-state index contributed by atoms with van der Waals surface area (Å²) < 4.78 is 1.74. The van der Waals surface area contributed by atoms with Gasteiger partial charge in [-0.25, -0.2) is 4.68 Å². The van der Waals surface area contributed by atoms with Crippen LogP contribution < -0.4 is 11.5 Å². The van der Waals surface area contributed by atoms with E-state index in [1.54, 1.807) is 23.0 Å². The monoisotopic (exact) mass is 294 g/mol. The molecule has 0 radical (unpaired) electrons. The topological polar surface area (TPSA) is 116 Å². The number of carbonyl (C=O) groups excluding carboxylic acids is 1. The van der Waals surface area contributed by atoms with Crippen molar-refractivity contribution >= 4 is 11.6 Å². The third-order valence-electron chi connectivity index (χ3n) is 3.95. The lowest BCUT2D eigenvalue weighted by atomic mass is 9.93. The smallest absolute Gasteiger partial charge is 0.269 e. The van der Waals surface area contributed by atoms with Gasteiger partial charge in [0, 0.05) is 22.5 Å². The van der Waals surface area contributed by atoms with Gasteiger partial charge in [-0.2, -0.15) is 10.2 Å². The maximum Gasteiger partial charge on any atom is 0.269 e. The van der Waals surface area contributed by atoms with E-state index < -0.39 is 5.91 Å². The molecule has 4 rings (SSSR count). The fraction of sp³-hybridized carbons (Fsp3) is 0.133. The Hall–Kier alpha value is -3.09. The quantitative estimate of drug-likeness (QED) is 0.612. The number of primary amides is 1. The second-order valence-corrected chi connectivity index (χ2v) is 5.31. The van der Waals surface area contributed by atoms with Gasteiger partial charge in [-0.05, 0) is 37.1 Å². The second-order valence-electron chi connectivity index (χ2n) is 5.31. The van der Waals surface area contributed by atoms with Gasteiger partial charge in [0.15, 0.2) is 5.69 Å². The van der Waals surface area contributed by atoms with Crippen molar-refractivity contribution in [3.63, 3.8) is 0 Å². The van der Waals surface area contributed by atoms with E-state index in [4.69, 9.17) is 11.5 Å². The van der Waals surface area contributed by atoms with E-state index in [-0.39, 0.29) is 0 Å². The van der Waals surface area contributed by atoms with Gasteiger partial charge in [-0.15, -0.1) is 0 Å². The van der Waals surface area contributed by atoms with Crippen LogP contribution in [0.1, 0.15) is 21.7 Å². The van der Waals surface area contributed by atoms with E-state index >= 15 is 0 Å². The molecule has 0 fully saturated rings. The first-order chi connectivity index (χ1) is 10.6. The number of aromatic amines is 1. The highest BCUT2D eigenvalue weighted by atomic mass is 16.1. The van der Waals surface area contributed by atoms with Crippen molar-refractivity contribution in [3.8, 4) is 16.9 Å². The zero-order valence-corrected chi connectivity index (χ0v) is 11.7. The molecular weight excluding hydrogens is 280 g/mol. The van der Waals surface area contributed by atoms with Gasteiger partial charge in [0.25, 0.3) is 5.91 Å². The summed E-state index contributed by atoms with van der Waals surface area (Å²) in [5.41, 5.74) is 16.8. The van der Waals surface area contributed by atoms with Crippen molar-refractivity contribution in [2.24, 2.45) is 5.73 Å². The third-order valence-corrected chi connectivity index (χ3v) is 3.95. The molecule has 1 aliphatic rings. The number of nitrogens with zero attached hydrogens (tertiary/aromatic N) is 3. The normalized spacial score (nSPS) is 12.7. The van der Waals surface area contributed by atoms with Gasteiger partial charge in [0.2, 0.25) is 0 Å². The van der Waals surface area contributed by atoms with E-state index in [1.165, 1.54) is 0 Å². The number of hydrogen-bond acceptors (Lipinski definition) is 4. The van der Waals surface area contributed by atoms with Crippen LogP contribution in [0.2, 0.25) is 0 Å². The Morgan fingerprint density at radius 3 is 2.73 bits per heavy atom. The Balaban J connectivity index is 2.00. The SMILES string of the molecule is NC(=O)c1nn(-c2ccc(N)cc2)c2c1CCc1[nH]ncc1-2. The highest BCUT2D eigenvalue weighted by Gasteiger charge is 2.28. The number of nitrogens with one attached hydrogen (secondary N) is 1. The first kappa shape index (κ1) is 12.6. The first-order valence-corrected chi connectivity index (χ1v) is 6.95. The molecule has 1 aliphatic carbocycles. The van der Waals surface area contributed by atoms with E-state index in [0.717, 1.165) is 34.6 Å². The van der Waals surface area contributed by atoms with Gasteiger partial charge in [0.05, 0.1) is 17.6 Å². The summed E-state index contributed by atoms with van der Waals surface area (Å²) in [6.07, 6.45) is 3.25. The zero-order valence-electron chi connectivity index (χ0n) is 11.7. The van der Waals surface area contributed by atoms with Crippen molar-refractivity contribution in [1.29, 1.82) is 0 Å². The number of benzene rings is 1. The number of carbonyl (C=O) groups is 1. The number of fused-ring (bicyclic) bond motifs is 3. The Bertz CT molecular complexity index is 874. The molecule has 1 aromatic carbocycles. The number of rotatable bonds is 2. The molecule has 5 N–H and O–H groups in total. The lowest BCUT2D eigenvalue weighted by molar-refractivity contribution is 0.0994. The minimum atomic E-state index is -0.516. The number of nitrogen functional groups attached to an aromatic ring is 1. The minimum Gasteiger partial charge on any atom is -0.399 e. The number of amides is 1. The van der Waals surface area contributed by atoms with Gasteiger partial charge in [0.1, 0.15) is 0 Å². The van der Waals surface area contributed by atoms with E-state index in [1.807, 2.05) is 12.1 Å². The van der Waals surface area contributed by atoms with Crippen LogP contribution in [-0.2, 0) is 12.8 Å². The molecule has 0 aliphatic heterocycles. The van der Waals surface area contributed by atoms with Crippen LogP contribution in [0.5, 0.6) is 0 Å². The number of aromatic nitrogens is 4. The van der Waals surface area contributed by atoms with Crippen molar-refractivity contribution < 1.29 is 4.79 Å². The average Bonchev–Trinajstić information content (AvgIpc) is 3.11. The third kappa shape index (κ3) is 1.72. The number of anilines is 1. The van der Waals surface area contributed by atoms with Crippen LogP contribution in [0, 0.1) is 0 Å². The van der Waals surface area contributed by atoms with E-state index in [9.17, 15) is 4.79 Å². The molecule has 2 heterocycles. The maximum atomic E-state index is 11.7. The Kier molecular flexibility index (Phi) is 2.56. The summed E-state index contributed by atoms with van der Waals surface area (Å²) in [6.45, 7) is 0. The van der Waals surface area contributed by atoms with Gasteiger partial charge in [-0.3, -0.25) is 9.89 Å². The molecule has 0 bridgehead atoms. The highest BCUT2D eigenvalue weighted by Crippen LogP contribution is 2.35. The lowest BCUT2D eigenvalue weighted by Crippen LogP contribution is -2.15. The molecule has 1 amide bonds. The first-order valence-electron chi connectivity index (χ1n) is 6.95. The summed E-state index contributed by atoms with van der Waals surface area (Å²) in [5.74, 6) is -0.516. The van der Waals surface area contributed by atoms with Crippen LogP contribution in [0.15, 0.2) is 30.5 Å². The highest BCUT2D eigenvalue weighted by molar-refractivity contribution is 5.95. The van der Waals surface area contributed by atoms with Crippen molar-refractivity contribution in [1.82, 2.24) is 20.0 Å². The van der Waals surface area contributed by atoms with Gasteiger partial charge in [-0.1, -0.05) is 0 Å². The maximum absolute atomic E-state index is 11.7. The zero-order chi connectivity index (χ0) is 15.3. The predicted octanol–water partition coefficient (Wildman–Crippen LogP) is 1.04. The van der Waals surface area contributed by atoms with Crippen LogP contribution in [0.3, 0.4) is 0 Å². The van der Waals surface area contributed by atoms with Gasteiger partial charge < -0.3 is 11.5 Å². The van der Waals surface area contributed by atoms with Crippen LogP contribution >= 0.6 is 0 Å². The van der Waals surface area contributed by atoms with Crippen molar-refractivity contribution in [3.05, 3.63) is 47.4 Å². The molecule has 3 aromatic rings. The number of nitrogens with two attached hydrogens (primary N) is 2. The summed E-state index contributed by atoms with van der Waals surface area (Å²) >= 11 is 0. The molecular formula is C15H14N6O. The fourth-order valence-electron chi connectivity index (χ4n) is 2.92. The van der Waals surface area contributed by atoms with Gasteiger partial charge >= 0.3 is 0 Å². The predicted molar refractivity (Wildman–Crippen MR) is 81.5 cm³/mol. The Labute approximate surface area is 125 Å².